The molecule has 1 aliphatic heterocycles. The molecule has 1 nitrogen and oxygen atoms in total. The van der Waals surface area contributed by atoms with Crippen molar-refractivity contribution < 1.29 is 0 Å². The first kappa shape index (κ1) is 18.9. The van der Waals surface area contributed by atoms with Crippen LogP contribution in [0.2, 0.25) is 0 Å². The lowest BCUT2D eigenvalue weighted by Gasteiger charge is -2.31. The zero-order valence-corrected chi connectivity index (χ0v) is 19.0. The monoisotopic (exact) mass is 425 g/mol. The third-order valence-corrected chi connectivity index (χ3v) is 7.72. The van der Waals surface area contributed by atoms with Gasteiger partial charge in [0, 0.05) is 16.9 Å². The minimum Gasteiger partial charge on any atom is -0.333 e. The first-order valence-corrected chi connectivity index (χ1v) is 12.2. The molecule has 0 amide bonds. The predicted octanol–water partition coefficient (Wildman–Crippen LogP) is 7.80. The summed E-state index contributed by atoms with van der Waals surface area (Å²) in [6, 6.07) is 25.2. The van der Waals surface area contributed by atoms with E-state index in [0.29, 0.717) is 12.0 Å². The van der Waals surface area contributed by atoms with Gasteiger partial charge in [-0.25, -0.2) is 0 Å². The van der Waals surface area contributed by atoms with Crippen LogP contribution in [0.15, 0.2) is 103 Å². The Morgan fingerprint density at radius 2 is 1.61 bits per heavy atom. The van der Waals surface area contributed by atoms with Crippen LogP contribution in [0.3, 0.4) is 0 Å². The largest absolute Gasteiger partial charge is 0.333 e. The van der Waals surface area contributed by atoms with E-state index in [1.165, 1.54) is 55.9 Å². The summed E-state index contributed by atoms with van der Waals surface area (Å²) >= 11 is 0. The van der Waals surface area contributed by atoms with Crippen molar-refractivity contribution in [3.8, 4) is 11.1 Å². The second-order valence-electron chi connectivity index (χ2n) is 9.80. The van der Waals surface area contributed by atoms with Crippen LogP contribution in [0.25, 0.3) is 22.3 Å². The summed E-state index contributed by atoms with van der Waals surface area (Å²) < 4.78 is 0. The molecule has 3 aromatic rings. The molecule has 1 heterocycles. The molecule has 33 heavy (non-hydrogen) atoms. The minimum absolute atomic E-state index is 0.380. The van der Waals surface area contributed by atoms with Crippen molar-refractivity contribution in [3.63, 3.8) is 0 Å². The Kier molecular flexibility index (Phi) is 4.14. The Bertz CT molecular complexity index is 1410. The van der Waals surface area contributed by atoms with Crippen LogP contribution in [0.5, 0.6) is 0 Å². The molecule has 160 valence electrons. The van der Waals surface area contributed by atoms with Crippen molar-refractivity contribution in [2.24, 2.45) is 5.92 Å². The molecule has 0 bridgehead atoms. The van der Waals surface area contributed by atoms with Crippen LogP contribution in [0.4, 0.5) is 5.69 Å². The van der Waals surface area contributed by atoms with E-state index in [9.17, 15) is 0 Å². The second kappa shape index (κ2) is 7.22. The number of para-hydroxylation sites is 1. The van der Waals surface area contributed by atoms with E-state index in [2.05, 4.69) is 109 Å². The van der Waals surface area contributed by atoms with Gasteiger partial charge in [0.05, 0.1) is 6.04 Å². The molecule has 3 aliphatic carbocycles. The van der Waals surface area contributed by atoms with Crippen molar-refractivity contribution in [3.05, 3.63) is 125 Å². The zero-order chi connectivity index (χ0) is 21.9. The van der Waals surface area contributed by atoms with Gasteiger partial charge in [0.1, 0.15) is 0 Å². The molecule has 0 saturated heterocycles. The average molecular weight is 426 g/mol. The van der Waals surface area contributed by atoms with Crippen LogP contribution in [0.1, 0.15) is 42.0 Å². The maximum Gasteiger partial charge on any atom is 0.0633 e. The van der Waals surface area contributed by atoms with Gasteiger partial charge in [0.2, 0.25) is 0 Å². The highest BCUT2D eigenvalue weighted by molar-refractivity contribution is 5.98. The van der Waals surface area contributed by atoms with Gasteiger partial charge in [-0.15, -0.1) is 0 Å². The van der Waals surface area contributed by atoms with Crippen LogP contribution in [-0.4, -0.2) is 6.04 Å². The smallest absolute Gasteiger partial charge is 0.0633 e. The van der Waals surface area contributed by atoms with Gasteiger partial charge >= 0.3 is 0 Å². The van der Waals surface area contributed by atoms with Crippen LogP contribution in [0, 0.1) is 5.92 Å². The molecule has 7 rings (SSSR count). The van der Waals surface area contributed by atoms with Gasteiger partial charge < -0.3 is 4.90 Å². The molecule has 0 radical (unpaired) electrons. The summed E-state index contributed by atoms with van der Waals surface area (Å²) in [6.07, 6.45) is 15.2. The quantitative estimate of drug-likeness (QED) is 0.317. The van der Waals surface area contributed by atoms with E-state index in [1.54, 1.807) is 0 Å². The number of benzene rings is 3. The molecule has 4 aliphatic rings. The molecular formula is C32H27N. The van der Waals surface area contributed by atoms with Gasteiger partial charge in [-0.2, -0.15) is 0 Å². The Labute approximate surface area is 196 Å². The van der Waals surface area contributed by atoms with Crippen LogP contribution in [-0.2, 0) is 6.42 Å². The summed E-state index contributed by atoms with van der Waals surface area (Å²) in [5.74, 6) is 0.629. The van der Waals surface area contributed by atoms with Gasteiger partial charge in [-0.1, -0.05) is 79.7 Å². The molecule has 0 aromatic heterocycles. The lowest BCUT2D eigenvalue weighted by atomic mass is 9.88. The first-order valence-electron chi connectivity index (χ1n) is 12.2. The number of allylic oxidation sites excluding steroid dienone is 5. The SMILES string of the molecule is CC1C=CC(N2c3ccccc3C3=CC(c4ccc5c(c4)-c4ccccc4C5)=CCC32)=CC1. The van der Waals surface area contributed by atoms with Gasteiger partial charge in [0.25, 0.3) is 0 Å². The van der Waals surface area contributed by atoms with Crippen LogP contribution >= 0.6 is 0 Å². The third kappa shape index (κ3) is 2.92. The highest BCUT2D eigenvalue weighted by atomic mass is 15.2. The van der Waals surface area contributed by atoms with Crippen molar-refractivity contribution in [1.29, 1.82) is 0 Å². The van der Waals surface area contributed by atoms with E-state index in [0.717, 1.165) is 19.3 Å². The molecule has 0 saturated carbocycles. The Morgan fingerprint density at radius 3 is 2.48 bits per heavy atom. The van der Waals surface area contributed by atoms with E-state index in [4.69, 9.17) is 0 Å². The lowest BCUT2D eigenvalue weighted by Crippen LogP contribution is -2.31. The molecule has 2 atom stereocenters. The fraction of sp³-hybridized carbons (Fsp3) is 0.188. The number of fused-ring (bicyclic) bond motifs is 6. The highest BCUT2D eigenvalue weighted by Crippen LogP contribution is 2.48. The Morgan fingerprint density at radius 1 is 0.788 bits per heavy atom. The van der Waals surface area contributed by atoms with Gasteiger partial charge in [-0.05, 0) is 88.4 Å². The number of rotatable bonds is 2. The first-order chi connectivity index (χ1) is 16.3. The molecule has 3 aromatic carbocycles. The van der Waals surface area contributed by atoms with Gasteiger partial charge in [-0.3, -0.25) is 0 Å². The Balaban J connectivity index is 1.29. The third-order valence-electron chi connectivity index (χ3n) is 7.72. The zero-order valence-electron chi connectivity index (χ0n) is 19.0. The number of anilines is 1. The van der Waals surface area contributed by atoms with Crippen molar-refractivity contribution in [2.45, 2.75) is 32.2 Å². The Hall–Kier alpha value is -3.58. The topological polar surface area (TPSA) is 3.24 Å². The summed E-state index contributed by atoms with van der Waals surface area (Å²) in [5, 5.41) is 0. The van der Waals surface area contributed by atoms with E-state index < -0.39 is 0 Å². The van der Waals surface area contributed by atoms with Gasteiger partial charge in [0.15, 0.2) is 0 Å². The predicted molar refractivity (Wildman–Crippen MR) is 139 cm³/mol. The van der Waals surface area contributed by atoms with Crippen molar-refractivity contribution >= 4 is 16.8 Å². The minimum atomic E-state index is 0.380. The second-order valence-corrected chi connectivity index (χ2v) is 9.80. The van der Waals surface area contributed by atoms with Crippen molar-refractivity contribution in [2.75, 3.05) is 4.90 Å². The fourth-order valence-corrected chi connectivity index (χ4v) is 6.00. The molecule has 0 fully saturated rings. The maximum absolute atomic E-state index is 2.57. The van der Waals surface area contributed by atoms with Crippen molar-refractivity contribution in [1.82, 2.24) is 0 Å². The normalized spacial score (nSPS) is 22.1. The highest BCUT2D eigenvalue weighted by Gasteiger charge is 2.36. The number of nitrogens with zero attached hydrogens (tertiary/aromatic N) is 1. The average Bonchev–Trinajstić information content (AvgIpc) is 3.39. The number of hydrogen-bond acceptors (Lipinski definition) is 1. The molecule has 1 heteroatoms. The molecule has 0 N–H and O–H groups in total. The molecule has 2 unspecified atom stereocenters. The van der Waals surface area contributed by atoms with E-state index in [1.807, 2.05) is 0 Å². The van der Waals surface area contributed by atoms with Crippen LogP contribution < -0.4 is 4.90 Å². The van der Waals surface area contributed by atoms with E-state index in [-0.39, 0.29) is 0 Å². The van der Waals surface area contributed by atoms with E-state index >= 15 is 0 Å². The molecular weight excluding hydrogens is 398 g/mol. The summed E-state index contributed by atoms with van der Waals surface area (Å²) in [7, 11) is 0. The maximum atomic E-state index is 2.57. The number of hydrogen-bond donors (Lipinski definition) is 0. The summed E-state index contributed by atoms with van der Waals surface area (Å²) in [5.41, 5.74) is 13.9. The summed E-state index contributed by atoms with van der Waals surface area (Å²) in [4.78, 5) is 2.57. The summed E-state index contributed by atoms with van der Waals surface area (Å²) in [6.45, 7) is 2.29. The standard InChI is InChI=1S/C32H27N/c1-21-10-15-26(16-11-21)33-31-9-5-4-8-28(31)30-20-23(14-17-32(30)33)22-12-13-25-18-24-6-2-3-7-27(24)29(25)19-22/h2-10,12-16,19-21,32H,11,17-18H2,1H3. The fourth-order valence-electron chi connectivity index (χ4n) is 6.00. The molecule has 0 spiro atoms. The lowest BCUT2D eigenvalue weighted by molar-refractivity contribution is 0.714.